The number of likely N-dealkylation sites (tertiary alicyclic amines) is 1. The van der Waals surface area contributed by atoms with Gasteiger partial charge in [-0.1, -0.05) is 11.1 Å². The lowest BCUT2D eigenvalue weighted by atomic mass is 9.84. The van der Waals surface area contributed by atoms with Crippen LogP contribution in [0.5, 0.6) is 0 Å². The van der Waals surface area contributed by atoms with Gasteiger partial charge < -0.3 is 15.0 Å². The summed E-state index contributed by atoms with van der Waals surface area (Å²) in [6.45, 7) is 8.82. The number of ether oxygens (including phenoxy) is 1. The van der Waals surface area contributed by atoms with Crippen LogP contribution in [0, 0.1) is 11.8 Å². The average molecular weight is 379 g/mol. The molecule has 1 saturated heterocycles. The minimum absolute atomic E-state index is 0.130. The van der Waals surface area contributed by atoms with Gasteiger partial charge in [0.15, 0.2) is 0 Å². The van der Waals surface area contributed by atoms with Crippen molar-refractivity contribution in [1.29, 1.82) is 0 Å². The van der Waals surface area contributed by atoms with E-state index in [1.165, 1.54) is 11.1 Å². The lowest BCUT2D eigenvalue weighted by Gasteiger charge is -2.36. The van der Waals surface area contributed by atoms with Gasteiger partial charge in [-0.2, -0.15) is 0 Å². The molecule has 5 nitrogen and oxygen atoms in total. The van der Waals surface area contributed by atoms with E-state index in [-0.39, 0.29) is 23.8 Å². The van der Waals surface area contributed by atoms with Gasteiger partial charge in [-0.3, -0.25) is 9.59 Å². The number of piperidine rings is 1. The molecule has 0 aromatic carbocycles. The van der Waals surface area contributed by atoms with Crippen molar-refractivity contribution in [1.82, 2.24) is 10.2 Å². The van der Waals surface area contributed by atoms with Crippen molar-refractivity contribution in [3.05, 3.63) is 11.1 Å². The lowest BCUT2D eigenvalue weighted by molar-refractivity contribution is -0.133. The highest BCUT2D eigenvalue weighted by Crippen LogP contribution is 2.29. The Labute approximate surface area is 164 Å². The Bertz CT molecular complexity index is 536. The van der Waals surface area contributed by atoms with E-state index in [9.17, 15) is 9.59 Å². The van der Waals surface area contributed by atoms with Crippen molar-refractivity contribution in [2.24, 2.45) is 11.8 Å². The second kappa shape index (κ2) is 10.8. The average Bonchev–Trinajstić information content (AvgIpc) is 2.67. The van der Waals surface area contributed by atoms with E-state index in [1.807, 2.05) is 4.90 Å². The number of carbonyl (C=O) groups excluding carboxylic acids is 2. The quantitative estimate of drug-likeness (QED) is 0.518. The number of carbonyl (C=O) groups is 2. The number of amides is 2. The van der Waals surface area contributed by atoms with E-state index < -0.39 is 0 Å². The molecule has 0 spiro atoms. The molecule has 0 saturated carbocycles. The molecule has 1 aliphatic heterocycles. The zero-order chi connectivity index (χ0) is 19.8. The molecule has 1 fully saturated rings. The Kier molecular flexibility index (Phi) is 8.81. The molecule has 0 aromatic rings. The van der Waals surface area contributed by atoms with Gasteiger partial charge in [0, 0.05) is 45.2 Å². The van der Waals surface area contributed by atoms with Crippen LogP contribution in [0.3, 0.4) is 0 Å². The van der Waals surface area contributed by atoms with Crippen LogP contribution >= 0.6 is 0 Å². The number of nitrogens with one attached hydrogen (secondary N) is 1. The second-order valence-electron chi connectivity index (χ2n) is 8.47. The summed E-state index contributed by atoms with van der Waals surface area (Å²) >= 11 is 0. The van der Waals surface area contributed by atoms with Crippen molar-refractivity contribution in [3.63, 3.8) is 0 Å². The highest BCUT2D eigenvalue weighted by molar-refractivity contribution is 5.79. The zero-order valence-corrected chi connectivity index (χ0v) is 17.7. The fourth-order valence-corrected chi connectivity index (χ4v) is 4.26. The number of rotatable bonds is 8. The smallest absolute Gasteiger partial charge is 0.223 e. The highest BCUT2D eigenvalue weighted by atomic mass is 16.5. The Morgan fingerprint density at radius 3 is 2.48 bits per heavy atom. The Balaban J connectivity index is 1.71. The largest absolute Gasteiger partial charge is 0.385 e. The monoisotopic (exact) mass is 378 g/mol. The summed E-state index contributed by atoms with van der Waals surface area (Å²) in [6.07, 6.45) is 7.34. The molecular formula is C22H38N2O3. The summed E-state index contributed by atoms with van der Waals surface area (Å²) in [7, 11) is 1.69. The van der Waals surface area contributed by atoms with E-state index in [4.69, 9.17) is 4.74 Å². The maximum atomic E-state index is 12.6. The molecular weight excluding hydrogens is 340 g/mol. The van der Waals surface area contributed by atoms with Gasteiger partial charge in [0.2, 0.25) is 11.8 Å². The highest BCUT2D eigenvalue weighted by Gasteiger charge is 2.29. The molecule has 2 amide bonds. The first-order chi connectivity index (χ1) is 12.9. The number of methoxy groups -OCH3 is 1. The van der Waals surface area contributed by atoms with Crippen molar-refractivity contribution in [2.45, 2.75) is 78.2 Å². The van der Waals surface area contributed by atoms with Crippen LogP contribution < -0.4 is 5.32 Å². The minimum atomic E-state index is 0.130. The Morgan fingerprint density at radius 1 is 1.15 bits per heavy atom. The van der Waals surface area contributed by atoms with E-state index >= 15 is 0 Å². The number of hydrogen-bond donors (Lipinski definition) is 1. The van der Waals surface area contributed by atoms with Gasteiger partial charge in [0.05, 0.1) is 0 Å². The summed E-state index contributed by atoms with van der Waals surface area (Å²) in [4.78, 5) is 26.9. The first kappa shape index (κ1) is 21.9. The molecule has 0 aromatic heterocycles. The molecule has 2 atom stereocenters. The van der Waals surface area contributed by atoms with Gasteiger partial charge in [0.1, 0.15) is 0 Å². The van der Waals surface area contributed by atoms with Crippen LogP contribution in [0.25, 0.3) is 0 Å². The fourth-order valence-electron chi connectivity index (χ4n) is 4.26. The van der Waals surface area contributed by atoms with E-state index in [0.717, 1.165) is 64.6 Å². The second-order valence-corrected chi connectivity index (χ2v) is 8.47. The van der Waals surface area contributed by atoms with Crippen molar-refractivity contribution >= 4 is 11.8 Å². The molecule has 2 aliphatic rings. The normalized spacial score (nSPS) is 22.7. The molecule has 0 bridgehead atoms. The third kappa shape index (κ3) is 6.63. The van der Waals surface area contributed by atoms with E-state index in [2.05, 4.69) is 26.1 Å². The van der Waals surface area contributed by atoms with E-state index in [0.29, 0.717) is 12.3 Å². The first-order valence-electron chi connectivity index (χ1n) is 10.6. The SMILES string of the molecule is COCCCCC(=O)N1CCC([C@@H](C)NC(=O)C2CCC(C)=C(C)C2)CC1. The maximum Gasteiger partial charge on any atom is 0.223 e. The van der Waals surface area contributed by atoms with Crippen molar-refractivity contribution < 1.29 is 14.3 Å². The van der Waals surface area contributed by atoms with Gasteiger partial charge in [-0.15, -0.1) is 0 Å². The van der Waals surface area contributed by atoms with Crippen LogP contribution in [0.2, 0.25) is 0 Å². The lowest BCUT2D eigenvalue weighted by Crippen LogP contribution is -2.47. The third-order valence-corrected chi connectivity index (χ3v) is 6.48. The van der Waals surface area contributed by atoms with Gasteiger partial charge >= 0.3 is 0 Å². The number of allylic oxidation sites excluding steroid dienone is 2. The van der Waals surface area contributed by atoms with Gasteiger partial charge in [-0.05, 0) is 71.6 Å². The maximum absolute atomic E-state index is 12.6. The minimum Gasteiger partial charge on any atom is -0.385 e. The van der Waals surface area contributed by atoms with Crippen LogP contribution in [0.4, 0.5) is 0 Å². The Morgan fingerprint density at radius 2 is 1.85 bits per heavy atom. The molecule has 1 aliphatic carbocycles. The molecule has 1 N–H and O–H groups in total. The summed E-state index contributed by atoms with van der Waals surface area (Å²) < 4.78 is 5.03. The third-order valence-electron chi connectivity index (χ3n) is 6.48. The predicted octanol–water partition coefficient (Wildman–Crippen LogP) is 3.68. The summed E-state index contributed by atoms with van der Waals surface area (Å²) in [6, 6.07) is 0.184. The predicted molar refractivity (Wildman–Crippen MR) is 108 cm³/mol. The molecule has 0 radical (unpaired) electrons. The fraction of sp³-hybridized carbons (Fsp3) is 0.818. The van der Waals surface area contributed by atoms with Crippen molar-refractivity contribution in [2.75, 3.05) is 26.8 Å². The van der Waals surface area contributed by atoms with Gasteiger partial charge in [0.25, 0.3) is 0 Å². The zero-order valence-electron chi connectivity index (χ0n) is 17.7. The van der Waals surface area contributed by atoms with E-state index in [1.54, 1.807) is 7.11 Å². The van der Waals surface area contributed by atoms with Crippen LogP contribution in [0.15, 0.2) is 11.1 Å². The van der Waals surface area contributed by atoms with Crippen LogP contribution in [-0.4, -0.2) is 49.6 Å². The van der Waals surface area contributed by atoms with Crippen molar-refractivity contribution in [3.8, 4) is 0 Å². The summed E-state index contributed by atoms with van der Waals surface area (Å²) in [5.74, 6) is 1.07. The molecule has 1 heterocycles. The summed E-state index contributed by atoms with van der Waals surface area (Å²) in [5, 5.41) is 3.27. The number of unbranched alkanes of at least 4 members (excludes halogenated alkanes) is 1. The van der Waals surface area contributed by atoms with Crippen LogP contribution in [-0.2, 0) is 14.3 Å². The van der Waals surface area contributed by atoms with Gasteiger partial charge in [-0.25, -0.2) is 0 Å². The summed E-state index contributed by atoms with van der Waals surface area (Å²) in [5.41, 5.74) is 2.83. The Hall–Kier alpha value is -1.36. The number of hydrogen-bond acceptors (Lipinski definition) is 3. The molecule has 154 valence electrons. The first-order valence-corrected chi connectivity index (χ1v) is 10.6. The standard InChI is InChI=1S/C22H38N2O3/c1-16-8-9-20(15-17(16)2)22(26)23-18(3)19-10-12-24(13-11-19)21(25)7-5-6-14-27-4/h18-20H,5-15H2,1-4H3,(H,23,26)/t18-,20?/m1/s1. The molecule has 5 heteroatoms. The number of nitrogens with zero attached hydrogens (tertiary/aromatic N) is 1. The topological polar surface area (TPSA) is 58.6 Å². The molecule has 1 unspecified atom stereocenters. The molecule has 27 heavy (non-hydrogen) atoms. The van der Waals surface area contributed by atoms with Crippen LogP contribution in [0.1, 0.15) is 72.1 Å². The molecule has 2 rings (SSSR count).